The molecule has 0 bridgehead atoms. The third-order valence-corrected chi connectivity index (χ3v) is 5.32. The van der Waals surface area contributed by atoms with Crippen molar-refractivity contribution in [1.82, 2.24) is 15.6 Å². The van der Waals surface area contributed by atoms with E-state index in [1.54, 1.807) is 6.07 Å². The molecule has 3 rings (SSSR count). The molecule has 0 radical (unpaired) electrons. The molecule has 122 valence electrons. The van der Waals surface area contributed by atoms with E-state index in [-0.39, 0.29) is 11.8 Å². The lowest BCUT2D eigenvalue weighted by molar-refractivity contribution is -0.125. The molecule has 2 aromatic rings. The van der Waals surface area contributed by atoms with Gasteiger partial charge in [0.15, 0.2) is 0 Å². The van der Waals surface area contributed by atoms with Crippen LogP contribution in [0.1, 0.15) is 43.0 Å². The van der Waals surface area contributed by atoms with Crippen molar-refractivity contribution in [2.45, 2.75) is 32.5 Å². The first-order valence-corrected chi connectivity index (χ1v) is 8.30. The summed E-state index contributed by atoms with van der Waals surface area (Å²) in [7, 11) is 1.34. The van der Waals surface area contributed by atoms with Crippen LogP contribution in [0, 0.1) is 5.92 Å². The molecule has 1 amide bonds. The van der Waals surface area contributed by atoms with Crippen molar-refractivity contribution < 1.29 is 14.3 Å². The molecule has 0 saturated carbocycles. The lowest BCUT2D eigenvalue weighted by atomic mass is 9.89. The minimum Gasteiger partial charge on any atom is -0.465 e. The lowest BCUT2D eigenvalue weighted by Crippen LogP contribution is -2.48. The van der Waals surface area contributed by atoms with Gasteiger partial charge in [0.1, 0.15) is 11.0 Å². The van der Waals surface area contributed by atoms with Crippen molar-refractivity contribution in [3.8, 4) is 0 Å². The van der Waals surface area contributed by atoms with Crippen LogP contribution in [-0.4, -0.2) is 29.5 Å². The van der Waals surface area contributed by atoms with Gasteiger partial charge in [-0.05, 0) is 30.4 Å². The largest absolute Gasteiger partial charge is 0.465 e. The Labute approximate surface area is 138 Å². The molecule has 23 heavy (non-hydrogen) atoms. The molecule has 0 aliphatic carbocycles. The number of aromatic nitrogens is 1. The zero-order valence-corrected chi connectivity index (χ0v) is 14.3. The van der Waals surface area contributed by atoms with Crippen LogP contribution >= 0.6 is 11.3 Å². The third kappa shape index (κ3) is 2.49. The Morgan fingerprint density at radius 3 is 2.83 bits per heavy atom. The third-order valence-electron chi connectivity index (χ3n) is 4.50. The number of ether oxygens (including phenoxy) is 1. The number of carbonyl (C=O) groups is 2. The van der Waals surface area contributed by atoms with Crippen LogP contribution in [0.5, 0.6) is 0 Å². The quantitative estimate of drug-likeness (QED) is 0.842. The highest BCUT2D eigenvalue weighted by Gasteiger charge is 2.46. The number of nitrogens with one attached hydrogen (secondary N) is 2. The molecule has 1 fully saturated rings. The number of nitrogens with zero attached hydrogens (tertiary/aromatic N) is 1. The van der Waals surface area contributed by atoms with Crippen LogP contribution in [-0.2, 0) is 9.53 Å². The Kier molecular flexibility index (Phi) is 3.85. The van der Waals surface area contributed by atoms with Gasteiger partial charge in [-0.25, -0.2) is 9.78 Å². The number of amides is 1. The Morgan fingerprint density at radius 1 is 1.48 bits per heavy atom. The summed E-state index contributed by atoms with van der Waals surface area (Å²) in [5.41, 5.74) is 0.151. The Hall–Kier alpha value is -1.99. The number of fused-ring (bicyclic) bond motifs is 1. The second-order valence-electron chi connectivity index (χ2n) is 6.14. The van der Waals surface area contributed by atoms with Crippen molar-refractivity contribution in [2.75, 3.05) is 7.11 Å². The highest BCUT2D eigenvalue weighted by atomic mass is 32.1. The molecule has 7 heteroatoms. The fourth-order valence-electron chi connectivity index (χ4n) is 2.65. The predicted molar refractivity (Wildman–Crippen MR) is 88.2 cm³/mol. The summed E-state index contributed by atoms with van der Waals surface area (Å²) in [6.07, 6.45) is -0.518. The first-order chi connectivity index (χ1) is 10.9. The standard InChI is InChI=1S/C16H19N3O3S/c1-8(2)16(3)15(21)18-12(19-16)11-10(14(20)22-4)7-9-5-6-23-13(9)17-11/h5-8,12,19H,1-4H3,(H,18,21)/t12-,16-/m1/s1. The van der Waals surface area contributed by atoms with Gasteiger partial charge in [0.25, 0.3) is 0 Å². The molecular formula is C16H19N3O3S. The zero-order valence-electron chi connectivity index (χ0n) is 13.5. The van der Waals surface area contributed by atoms with Gasteiger partial charge in [-0.3, -0.25) is 10.1 Å². The Bertz CT molecular complexity index is 786. The maximum Gasteiger partial charge on any atom is 0.339 e. The maximum atomic E-state index is 12.4. The molecule has 0 aromatic carbocycles. The fraction of sp³-hybridized carbons (Fsp3) is 0.438. The van der Waals surface area contributed by atoms with Gasteiger partial charge in [0.05, 0.1) is 23.9 Å². The number of thiophene rings is 1. The van der Waals surface area contributed by atoms with Crippen LogP contribution in [0.15, 0.2) is 17.5 Å². The predicted octanol–water partition coefficient (Wildman–Crippen LogP) is 2.22. The first kappa shape index (κ1) is 15.9. The Morgan fingerprint density at radius 2 is 2.22 bits per heavy atom. The lowest BCUT2D eigenvalue weighted by Gasteiger charge is -2.26. The van der Waals surface area contributed by atoms with E-state index in [1.165, 1.54) is 18.4 Å². The smallest absolute Gasteiger partial charge is 0.339 e. The second kappa shape index (κ2) is 5.58. The highest BCUT2D eigenvalue weighted by molar-refractivity contribution is 7.16. The van der Waals surface area contributed by atoms with E-state index in [4.69, 9.17) is 4.74 Å². The van der Waals surface area contributed by atoms with Crippen molar-refractivity contribution in [2.24, 2.45) is 5.92 Å². The SMILES string of the molecule is COC(=O)c1cc2ccsc2nc1[C@@H]1NC(=O)[C@@](C)(C(C)C)N1. The normalized spacial score (nSPS) is 24.2. The van der Waals surface area contributed by atoms with Gasteiger partial charge in [-0.2, -0.15) is 0 Å². The minimum absolute atomic E-state index is 0.0959. The zero-order chi connectivity index (χ0) is 16.8. The van der Waals surface area contributed by atoms with Gasteiger partial charge in [0.2, 0.25) is 5.91 Å². The van der Waals surface area contributed by atoms with Gasteiger partial charge in [-0.1, -0.05) is 13.8 Å². The molecule has 3 heterocycles. The van der Waals surface area contributed by atoms with Crippen molar-refractivity contribution in [1.29, 1.82) is 0 Å². The van der Waals surface area contributed by atoms with E-state index in [0.717, 1.165) is 10.2 Å². The van der Waals surface area contributed by atoms with Crippen LogP contribution in [0.3, 0.4) is 0 Å². The summed E-state index contributed by atoms with van der Waals surface area (Å²) in [5, 5.41) is 8.99. The van der Waals surface area contributed by atoms with E-state index < -0.39 is 17.7 Å². The Balaban J connectivity index is 2.08. The second-order valence-corrected chi connectivity index (χ2v) is 7.03. The molecule has 1 saturated heterocycles. The summed E-state index contributed by atoms with van der Waals surface area (Å²) >= 11 is 1.49. The number of hydrogen-bond acceptors (Lipinski definition) is 6. The average molecular weight is 333 g/mol. The van der Waals surface area contributed by atoms with Crippen molar-refractivity contribution in [3.63, 3.8) is 0 Å². The van der Waals surface area contributed by atoms with Crippen LogP contribution in [0.2, 0.25) is 0 Å². The summed E-state index contributed by atoms with van der Waals surface area (Å²) < 4.78 is 4.87. The number of hydrogen-bond donors (Lipinski definition) is 2. The number of rotatable bonds is 3. The van der Waals surface area contributed by atoms with Crippen LogP contribution in [0.4, 0.5) is 0 Å². The molecule has 1 aliphatic heterocycles. The number of pyridine rings is 1. The molecule has 2 aromatic heterocycles. The van der Waals surface area contributed by atoms with Crippen molar-refractivity contribution >= 4 is 33.4 Å². The van der Waals surface area contributed by atoms with Crippen LogP contribution < -0.4 is 10.6 Å². The molecule has 2 N–H and O–H groups in total. The summed E-state index contributed by atoms with van der Waals surface area (Å²) in [6, 6.07) is 3.67. The van der Waals surface area contributed by atoms with E-state index in [9.17, 15) is 9.59 Å². The monoisotopic (exact) mass is 333 g/mol. The molecule has 0 spiro atoms. The maximum absolute atomic E-state index is 12.4. The van der Waals surface area contributed by atoms with E-state index in [0.29, 0.717) is 11.3 Å². The van der Waals surface area contributed by atoms with Gasteiger partial charge in [-0.15, -0.1) is 11.3 Å². The molecular weight excluding hydrogens is 314 g/mol. The first-order valence-electron chi connectivity index (χ1n) is 7.42. The number of esters is 1. The summed E-state index contributed by atoms with van der Waals surface area (Å²) in [5.74, 6) is -0.462. The van der Waals surface area contributed by atoms with Crippen LogP contribution in [0.25, 0.3) is 10.2 Å². The average Bonchev–Trinajstić information content (AvgIpc) is 3.10. The summed E-state index contributed by atoms with van der Waals surface area (Å²) in [4.78, 5) is 29.9. The minimum atomic E-state index is -0.704. The fourth-order valence-corrected chi connectivity index (χ4v) is 3.41. The number of methoxy groups -OCH3 is 1. The van der Waals surface area contributed by atoms with E-state index in [2.05, 4.69) is 15.6 Å². The molecule has 0 unspecified atom stereocenters. The molecule has 1 aliphatic rings. The topological polar surface area (TPSA) is 80.3 Å². The molecule has 2 atom stereocenters. The number of carbonyl (C=O) groups excluding carboxylic acids is 2. The van der Waals surface area contributed by atoms with E-state index in [1.807, 2.05) is 32.2 Å². The molecule has 6 nitrogen and oxygen atoms in total. The summed E-state index contributed by atoms with van der Waals surface area (Å²) in [6.45, 7) is 5.81. The van der Waals surface area contributed by atoms with Gasteiger partial charge < -0.3 is 10.1 Å². The van der Waals surface area contributed by atoms with E-state index >= 15 is 0 Å². The highest BCUT2D eigenvalue weighted by Crippen LogP contribution is 2.31. The van der Waals surface area contributed by atoms with Crippen molar-refractivity contribution in [3.05, 3.63) is 28.8 Å². The van der Waals surface area contributed by atoms with Gasteiger partial charge in [0, 0.05) is 5.39 Å². The van der Waals surface area contributed by atoms with Gasteiger partial charge >= 0.3 is 5.97 Å².